The van der Waals surface area contributed by atoms with E-state index in [0.29, 0.717) is 12.8 Å². The smallest absolute Gasteiger partial charge is 0.200 e. The molecule has 0 spiro atoms. The molecule has 2 heterocycles. The monoisotopic (exact) mass is 229 g/mol. The lowest BCUT2D eigenvalue weighted by atomic mass is 10.2. The molecule has 0 aliphatic carbocycles. The molecule has 1 fully saturated rings. The third-order valence-corrected chi connectivity index (χ3v) is 4.31. The van der Waals surface area contributed by atoms with Gasteiger partial charge in [-0.1, -0.05) is 0 Å². The maximum absolute atomic E-state index is 11.2. The van der Waals surface area contributed by atoms with Gasteiger partial charge < -0.3 is 10.3 Å². The second kappa shape index (κ2) is 3.84. The quantitative estimate of drug-likeness (QED) is 0.783. The predicted molar refractivity (Wildman–Crippen MR) is 58.6 cm³/mol. The molecule has 1 saturated heterocycles. The molecule has 15 heavy (non-hydrogen) atoms. The fourth-order valence-electron chi connectivity index (χ4n) is 1.71. The van der Waals surface area contributed by atoms with Gasteiger partial charge in [-0.25, -0.2) is 13.4 Å². The zero-order valence-corrected chi connectivity index (χ0v) is 9.47. The number of hydrogen-bond donors (Lipinski definition) is 2. The van der Waals surface area contributed by atoms with E-state index in [0.717, 1.165) is 11.6 Å². The second-order valence-corrected chi connectivity index (χ2v) is 6.29. The van der Waals surface area contributed by atoms with Gasteiger partial charge in [-0.05, 0) is 19.8 Å². The van der Waals surface area contributed by atoms with Gasteiger partial charge in [-0.3, -0.25) is 0 Å². The molecular formula is C9H15N3O2S. The fourth-order valence-corrected chi connectivity index (χ4v) is 3.21. The molecule has 0 unspecified atom stereocenters. The normalized spacial score (nSPS) is 21.4. The summed E-state index contributed by atoms with van der Waals surface area (Å²) in [6.45, 7) is 1.93. The fraction of sp³-hybridized carbons (Fsp3) is 0.667. The van der Waals surface area contributed by atoms with Crippen LogP contribution < -0.4 is 5.32 Å². The topological polar surface area (TPSA) is 74.8 Å². The van der Waals surface area contributed by atoms with E-state index in [-0.39, 0.29) is 17.5 Å². The standard InChI is InChI=1S/C9H15N3O2S/c1-7-6-10-9(11-7)12-8-2-4-15(13,14)5-3-8/h6,8H,2-5H2,1H3,(H2,10,11,12). The van der Waals surface area contributed by atoms with E-state index in [4.69, 9.17) is 0 Å². The van der Waals surface area contributed by atoms with Gasteiger partial charge in [0.25, 0.3) is 0 Å². The molecule has 0 saturated carbocycles. The second-order valence-electron chi connectivity index (χ2n) is 3.99. The highest BCUT2D eigenvalue weighted by Gasteiger charge is 2.23. The SMILES string of the molecule is Cc1cnc(NC2CCS(=O)(=O)CC2)[nH]1. The van der Waals surface area contributed by atoms with Crippen molar-refractivity contribution in [2.75, 3.05) is 16.8 Å². The number of nitrogens with one attached hydrogen (secondary N) is 2. The zero-order valence-electron chi connectivity index (χ0n) is 8.66. The van der Waals surface area contributed by atoms with Crippen LogP contribution in [-0.4, -0.2) is 35.9 Å². The van der Waals surface area contributed by atoms with Crippen molar-refractivity contribution in [1.82, 2.24) is 9.97 Å². The molecule has 6 heteroatoms. The minimum absolute atomic E-state index is 0.221. The lowest BCUT2D eigenvalue weighted by molar-refractivity contribution is 0.558. The Kier molecular flexibility index (Phi) is 2.68. The highest BCUT2D eigenvalue weighted by Crippen LogP contribution is 2.15. The number of anilines is 1. The van der Waals surface area contributed by atoms with E-state index >= 15 is 0 Å². The maximum Gasteiger partial charge on any atom is 0.200 e. The number of imidazole rings is 1. The van der Waals surface area contributed by atoms with E-state index in [1.807, 2.05) is 6.92 Å². The van der Waals surface area contributed by atoms with E-state index in [2.05, 4.69) is 15.3 Å². The highest BCUT2D eigenvalue weighted by molar-refractivity contribution is 7.91. The Morgan fingerprint density at radius 1 is 1.47 bits per heavy atom. The number of H-pyrrole nitrogens is 1. The number of nitrogens with zero attached hydrogens (tertiary/aromatic N) is 1. The van der Waals surface area contributed by atoms with Crippen LogP contribution in [0.1, 0.15) is 18.5 Å². The lowest BCUT2D eigenvalue weighted by Gasteiger charge is -2.22. The summed E-state index contributed by atoms with van der Waals surface area (Å²) in [5.74, 6) is 1.30. The molecule has 2 N–H and O–H groups in total. The first kappa shape index (κ1) is 10.5. The molecule has 1 aliphatic heterocycles. The van der Waals surface area contributed by atoms with Crippen molar-refractivity contribution in [1.29, 1.82) is 0 Å². The van der Waals surface area contributed by atoms with Gasteiger partial charge in [0.1, 0.15) is 9.84 Å². The molecule has 0 bridgehead atoms. The Bertz CT molecular complexity index is 424. The summed E-state index contributed by atoms with van der Waals surface area (Å²) >= 11 is 0. The Labute approximate surface area is 89.2 Å². The Balaban J connectivity index is 1.92. The molecule has 2 rings (SSSR count). The van der Waals surface area contributed by atoms with Gasteiger partial charge in [0.05, 0.1) is 11.5 Å². The number of sulfone groups is 1. The summed E-state index contributed by atoms with van der Waals surface area (Å²) in [6.07, 6.45) is 3.09. The molecular weight excluding hydrogens is 214 g/mol. The van der Waals surface area contributed by atoms with Crippen molar-refractivity contribution < 1.29 is 8.42 Å². The average Bonchev–Trinajstić information content (AvgIpc) is 2.55. The molecule has 5 nitrogen and oxygen atoms in total. The van der Waals surface area contributed by atoms with Crippen LogP contribution in [0.25, 0.3) is 0 Å². The molecule has 84 valence electrons. The molecule has 0 aromatic carbocycles. The van der Waals surface area contributed by atoms with Gasteiger partial charge in [0, 0.05) is 17.9 Å². The minimum atomic E-state index is -2.77. The number of aryl methyl sites for hydroxylation is 1. The first-order valence-corrected chi connectivity index (χ1v) is 6.86. The van der Waals surface area contributed by atoms with Gasteiger partial charge >= 0.3 is 0 Å². The average molecular weight is 229 g/mol. The molecule has 1 aromatic heterocycles. The van der Waals surface area contributed by atoms with Crippen LogP contribution in [0.3, 0.4) is 0 Å². The number of rotatable bonds is 2. The summed E-state index contributed by atoms with van der Waals surface area (Å²) in [5.41, 5.74) is 1.00. The Morgan fingerprint density at radius 3 is 2.67 bits per heavy atom. The summed E-state index contributed by atoms with van der Waals surface area (Å²) in [5, 5.41) is 3.21. The van der Waals surface area contributed by atoms with Crippen molar-refractivity contribution in [3.8, 4) is 0 Å². The number of hydrogen-bond acceptors (Lipinski definition) is 4. The zero-order chi connectivity index (χ0) is 10.9. The van der Waals surface area contributed by atoms with E-state index in [1.54, 1.807) is 6.20 Å². The molecule has 0 radical (unpaired) electrons. The van der Waals surface area contributed by atoms with Crippen molar-refractivity contribution in [3.05, 3.63) is 11.9 Å². The third kappa shape index (κ3) is 2.71. The lowest BCUT2D eigenvalue weighted by Crippen LogP contribution is -2.32. The van der Waals surface area contributed by atoms with Crippen LogP contribution in [0.5, 0.6) is 0 Å². The predicted octanol–water partition coefficient (Wildman–Crippen LogP) is 0.707. The van der Waals surface area contributed by atoms with Crippen molar-refractivity contribution in [2.24, 2.45) is 0 Å². The third-order valence-electron chi connectivity index (χ3n) is 2.60. The first-order valence-electron chi connectivity index (χ1n) is 5.04. The minimum Gasteiger partial charge on any atom is -0.353 e. The van der Waals surface area contributed by atoms with Crippen LogP contribution in [0, 0.1) is 6.92 Å². The van der Waals surface area contributed by atoms with Gasteiger partial charge in [-0.2, -0.15) is 0 Å². The number of aromatic amines is 1. The number of aromatic nitrogens is 2. The summed E-state index contributed by atoms with van der Waals surface area (Å²) in [6, 6.07) is 0.221. The van der Waals surface area contributed by atoms with Crippen LogP contribution >= 0.6 is 0 Å². The molecule has 1 aliphatic rings. The summed E-state index contributed by atoms with van der Waals surface area (Å²) in [4.78, 5) is 7.20. The molecule has 0 amide bonds. The maximum atomic E-state index is 11.2. The van der Waals surface area contributed by atoms with Crippen LogP contribution in [-0.2, 0) is 9.84 Å². The summed E-state index contributed by atoms with van der Waals surface area (Å²) < 4.78 is 22.4. The summed E-state index contributed by atoms with van der Waals surface area (Å²) in [7, 11) is -2.77. The van der Waals surface area contributed by atoms with Crippen molar-refractivity contribution in [2.45, 2.75) is 25.8 Å². The molecule has 1 aromatic rings. The van der Waals surface area contributed by atoms with Gasteiger partial charge in [-0.15, -0.1) is 0 Å². The van der Waals surface area contributed by atoms with Gasteiger partial charge in [0.2, 0.25) is 5.95 Å². The van der Waals surface area contributed by atoms with Crippen LogP contribution in [0.4, 0.5) is 5.95 Å². The highest BCUT2D eigenvalue weighted by atomic mass is 32.2. The van der Waals surface area contributed by atoms with Crippen molar-refractivity contribution in [3.63, 3.8) is 0 Å². The first-order chi connectivity index (χ1) is 7.05. The largest absolute Gasteiger partial charge is 0.353 e. The van der Waals surface area contributed by atoms with Crippen LogP contribution in [0.15, 0.2) is 6.20 Å². The van der Waals surface area contributed by atoms with E-state index < -0.39 is 9.84 Å². The Morgan fingerprint density at radius 2 is 2.13 bits per heavy atom. The van der Waals surface area contributed by atoms with E-state index in [1.165, 1.54) is 0 Å². The van der Waals surface area contributed by atoms with Crippen LogP contribution in [0.2, 0.25) is 0 Å². The Hall–Kier alpha value is -1.04. The molecule has 0 atom stereocenters. The van der Waals surface area contributed by atoms with Crippen molar-refractivity contribution >= 4 is 15.8 Å². The van der Waals surface area contributed by atoms with E-state index in [9.17, 15) is 8.42 Å². The van der Waals surface area contributed by atoms with Gasteiger partial charge in [0.15, 0.2) is 0 Å².